The third-order valence-electron chi connectivity index (χ3n) is 1.45. The van der Waals surface area contributed by atoms with Gasteiger partial charge >= 0.3 is 0 Å². The van der Waals surface area contributed by atoms with E-state index in [0.29, 0.717) is 5.75 Å². The van der Waals surface area contributed by atoms with E-state index in [1.807, 2.05) is 24.3 Å². The number of hydrogen-bond donors (Lipinski definition) is 2. The van der Waals surface area contributed by atoms with Crippen LogP contribution in [0.1, 0.15) is 11.1 Å². The van der Waals surface area contributed by atoms with Crippen LogP contribution in [0.15, 0.2) is 24.3 Å². The van der Waals surface area contributed by atoms with Gasteiger partial charge in [0, 0.05) is 5.56 Å². The van der Waals surface area contributed by atoms with E-state index < -0.39 is 0 Å². The average Bonchev–Trinajstić information content (AvgIpc) is 2.15. The standard InChI is InChI=1S/C10H10OS/c11-8-10-5-3-9(4-6-10)2-1-7-12/h3-6,11-12H,7-8H2. The first-order chi connectivity index (χ1) is 5.86. The Labute approximate surface area is 77.8 Å². The quantitative estimate of drug-likeness (QED) is 0.493. The summed E-state index contributed by atoms with van der Waals surface area (Å²) in [6.45, 7) is 0.0836. The molecule has 2 heteroatoms. The smallest absolute Gasteiger partial charge is 0.0681 e. The Hall–Kier alpha value is -0.910. The van der Waals surface area contributed by atoms with Crippen LogP contribution in [0.3, 0.4) is 0 Å². The van der Waals surface area contributed by atoms with Gasteiger partial charge in [0.2, 0.25) is 0 Å². The summed E-state index contributed by atoms with van der Waals surface area (Å²) < 4.78 is 0. The molecule has 0 aliphatic carbocycles. The molecule has 1 nitrogen and oxygen atoms in total. The Bertz CT molecular complexity index is 292. The number of hydrogen-bond acceptors (Lipinski definition) is 2. The molecule has 0 unspecified atom stereocenters. The minimum atomic E-state index is 0.0836. The predicted molar refractivity (Wildman–Crippen MR) is 53.1 cm³/mol. The van der Waals surface area contributed by atoms with Crippen LogP contribution < -0.4 is 0 Å². The van der Waals surface area contributed by atoms with Crippen molar-refractivity contribution in [3.63, 3.8) is 0 Å². The summed E-state index contributed by atoms with van der Waals surface area (Å²) >= 11 is 3.98. The van der Waals surface area contributed by atoms with Gasteiger partial charge in [0.15, 0.2) is 0 Å². The van der Waals surface area contributed by atoms with Crippen molar-refractivity contribution in [2.24, 2.45) is 0 Å². The molecule has 0 atom stereocenters. The van der Waals surface area contributed by atoms with Crippen molar-refractivity contribution in [1.82, 2.24) is 0 Å². The summed E-state index contributed by atoms with van der Waals surface area (Å²) in [6, 6.07) is 7.51. The molecular weight excluding hydrogens is 168 g/mol. The summed E-state index contributed by atoms with van der Waals surface area (Å²) in [5, 5.41) is 8.76. The zero-order chi connectivity index (χ0) is 8.81. The fraction of sp³-hybridized carbons (Fsp3) is 0.200. The fourth-order valence-electron chi connectivity index (χ4n) is 0.835. The van der Waals surface area contributed by atoms with Crippen LogP contribution in [0, 0.1) is 11.8 Å². The predicted octanol–water partition coefficient (Wildman–Crippen LogP) is 1.46. The topological polar surface area (TPSA) is 20.2 Å². The monoisotopic (exact) mass is 178 g/mol. The molecule has 0 aliphatic rings. The van der Waals surface area contributed by atoms with Gasteiger partial charge in [-0.25, -0.2) is 0 Å². The van der Waals surface area contributed by atoms with Crippen molar-refractivity contribution in [1.29, 1.82) is 0 Å². The fourth-order valence-corrected chi connectivity index (χ4v) is 0.914. The number of thiol groups is 1. The molecule has 0 saturated carbocycles. The summed E-state index contributed by atoms with van der Waals surface area (Å²) in [4.78, 5) is 0. The molecule has 62 valence electrons. The lowest BCUT2D eigenvalue weighted by Gasteiger charge is -1.94. The van der Waals surface area contributed by atoms with Crippen LogP contribution in [-0.2, 0) is 6.61 Å². The summed E-state index contributed by atoms with van der Waals surface area (Å²) in [5.41, 5.74) is 1.87. The van der Waals surface area contributed by atoms with Crippen LogP contribution >= 0.6 is 12.6 Å². The molecular formula is C10H10OS. The van der Waals surface area contributed by atoms with Crippen LogP contribution in [0.4, 0.5) is 0 Å². The van der Waals surface area contributed by atoms with E-state index in [1.54, 1.807) is 0 Å². The maximum Gasteiger partial charge on any atom is 0.0681 e. The van der Waals surface area contributed by atoms with Gasteiger partial charge in [-0.2, -0.15) is 12.6 Å². The lowest BCUT2D eigenvalue weighted by atomic mass is 10.1. The maximum absolute atomic E-state index is 8.76. The van der Waals surface area contributed by atoms with Crippen molar-refractivity contribution in [2.75, 3.05) is 5.75 Å². The summed E-state index contributed by atoms with van der Waals surface area (Å²) in [6.07, 6.45) is 0. The van der Waals surface area contributed by atoms with Gasteiger partial charge < -0.3 is 5.11 Å². The first-order valence-electron chi connectivity index (χ1n) is 3.66. The highest BCUT2D eigenvalue weighted by Gasteiger charge is 1.88. The van der Waals surface area contributed by atoms with Crippen molar-refractivity contribution < 1.29 is 5.11 Å². The Morgan fingerprint density at radius 3 is 2.42 bits per heavy atom. The van der Waals surface area contributed by atoms with E-state index in [-0.39, 0.29) is 6.61 Å². The van der Waals surface area contributed by atoms with E-state index in [0.717, 1.165) is 11.1 Å². The van der Waals surface area contributed by atoms with Crippen LogP contribution in [0.5, 0.6) is 0 Å². The minimum Gasteiger partial charge on any atom is -0.392 e. The van der Waals surface area contributed by atoms with Gasteiger partial charge in [0.05, 0.1) is 12.4 Å². The van der Waals surface area contributed by atoms with Gasteiger partial charge in [0.25, 0.3) is 0 Å². The Morgan fingerprint density at radius 2 is 1.92 bits per heavy atom. The number of rotatable bonds is 1. The zero-order valence-corrected chi connectivity index (χ0v) is 7.51. The second-order valence-corrected chi connectivity index (χ2v) is 2.63. The Kier molecular flexibility index (Phi) is 3.72. The summed E-state index contributed by atoms with van der Waals surface area (Å²) in [5.74, 6) is 6.36. The van der Waals surface area contributed by atoms with E-state index in [9.17, 15) is 0 Å². The third kappa shape index (κ3) is 2.61. The van der Waals surface area contributed by atoms with Gasteiger partial charge in [0.1, 0.15) is 0 Å². The molecule has 0 saturated heterocycles. The normalized spacial score (nSPS) is 8.83. The molecule has 12 heavy (non-hydrogen) atoms. The first kappa shape index (κ1) is 9.18. The molecule has 0 bridgehead atoms. The first-order valence-corrected chi connectivity index (χ1v) is 4.29. The molecule has 0 aliphatic heterocycles. The SMILES string of the molecule is OCc1ccc(C#CCS)cc1. The second-order valence-electron chi connectivity index (χ2n) is 2.31. The Balaban J connectivity index is 2.78. The molecule has 0 heterocycles. The third-order valence-corrected chi connectivity index (χ3v) is 1.61. The van der Waals surface area contributed by atoms with Crippen molar-refractivity contribution in [2.45, 2.75) is 6.61 Å². The second kappa shape index (κ2) is 4.87. The van der Waals surface area contributed by atoms with Gasteiger partial charge in [-0.15, -0.1) is 0 Å². The summed E-state index contributed by atoms with van der Waals surface area (Å²) in [7, 11) is 0. The molecule has 0 fully saturated rings. The molecule has 0 spiro atoms. The molecule has 1 aromatic rings. The molecule has 1 aromatic carbocycles. The molecule has 1 rings (SSSR count). The van der Waals surface area contributed by atoms with Gasteiger partial charge in [-0.3, -0.25) is 0 Å². The maximum atomic E-state index is 8.76. The lowest BCUT2D eigenvalue weighted by molar-refractivity contribution is 0.282. The minimum absolute atomic E-state index is 0.0836. The van der Waals surface area contributed by atoms with Crippen LogP contribution in [0.2, 0.25) is 0 Å². The molecule has 1 N–H and O–H groups in total. The van der Waals surface area contributed by atoms with E-state index in [2.05, 4.69) is 24.5 Å². The van der Waals surface area contributed by atoms with E-state index in [4.69, 9.17) is 5.11 Å². The van der Waals surface area contributed by atoms with Crippen molar-refractivity contribution >= 4 is 12.6 Å². The Morgan fingerprint density at radius 1 is 1.25 bits per heavy atom. The average molecular weight is 178 g/mol. The molecule has 0 amide bonds. The number of benzene rings is 1. The number of aliphatic hydroxyl groups is 1. The highest BCUT2D eigenvalue weighted by Crippen LogP contribution is 2.02. The zero-order valence-electron chi connectivity index (χ0n) is 6.62. The molecule has 0 radical (unpaired) electrons. The van der Waals surface area contributed by atoms with Crippen molar-refractivity contribution in [3.05, 3.63) is 35.4 Å². The van der Waals surface area contributed by atoms with E-state index in [1.165, 1.54) is 0 Å². The van der Waals surface area contributed by atoms with Crippen LogP contribution in [0.25, 0.3) is 0 Å². The van der Waals surface area contributed by atoms with Gasteiger partial charge in [-0.05, 0) is 17.7 Å². The highest BCUT2D eigenvalue weighted by molar-refractivity contribution is 7.80. The van der Waals surface area contributed by atoms with Gasteiger partial charge in [-0.1, -0.05) is 24.0 Å². The lowest BCUT2D eigenvalue weighted by Crippen LogP contribution is -1.82. The van der Waals surface area contributed by atoms with Crippen molar-refractivity contribution in [3.8, 4) is 11.8 Å². The highest BCUT2D eigenvalue weighted by atomic mass is 32.1. The largest absolute Gasteiger partial charge is 0.392 e. The number of aliphatic hydroxyl groups excluding tert-OH is 1. The molecule has 0 aromatic heterocycles. The van der Waals surface area contributed by atoms with Crippen LogP contribution in [-0.4, -0.2) is 10.9 Å². The van der Waals surface area contributed by atoms with E-state index >= 15 is 0 Å².